The minimum atomic E-state index is -1.15. The van der Waals surface area contributed by atoms with Crippen LogP contribution in [0.1, 0.15) is 89.9 Å². The molecule has 31 heavy (non-hydrogen) atoms. The molecule has 0 unspecified atom stereocenters. The zero-order chi connectivity index (χ0) is 22.4. The molecule has 2 aliphatic rings. The fraction of sp³-hybridized carbons (Fsp3) is 0.810. The van der Waals surface area contributed by atoms with Crippen molar-refractivity contribution in [2.75, 3.05) is 13.2 Å². The monoisotopic (exact) mass is 444 g/mol. The third-order valence-corrected chi connectivity index (χ3v) is 5.20. The summed E-state index contributed by atoms with van der Waals surface area (Å²) in [4.78, 5) is 65.4. The van der Waals surface area contributed by atoms with E-state index in [1.54, 1.807) is 0 Å². The van der Waals surface area contributed by atoms with Gasteiger partial charge in [0.25, 0.3) is 0 Å². The molecular weight excluding hydrogens is 412 g/mol. The number of hydrogen-bond acceptors (Lipinski definition) is 10. The van der Waals surface area contributed by atoms with Gasteiger partial charge in [-0.2, -0.15) is 0 Å². The summed E-state index contributed by atoms with van der Waals surface area (Å²) in [5, 5.41) is 0. The van der Waals surface area contributed by atoms with Gasteiger partial charge >= 0.3 is 23.9 Å². The van der Waals surface area contributed by atoms with Crippen LogP contribution in [-0.4, -0.2) is 42.9 Å². The molecule has 2 aliphatic heterocycles. The Morgan fingerprint density at radius 3 is 1.16 bits per heavy atom. The Balaban J connectivity index is 1.85. The van der Waals surface area contributed by atoms with E-state index in [-0.39, 0.29) is 38.5 Å². The summed E-state index contributed by atoms with van der Waals surface area (Å²) in [6.07, 6.45) is 7.51. The number of carbonyl (C=O) groups is 4. The molecule has 176 valence electrons. The highest BCUT2D eigenvalue weighted by molar-refractivity contribution is 5.73. The molecule has 2 saturated heterocycles. The zero-order valence-corrected chi connectivity index (χ0v) is 17.9. The summed E-state index contributed by atoms with van der Waals surface area (Å²) >= 11 is 0. The van der Waals surface area contributed by atoms with Gasteiger partial charge in [0.1, 0.15) is 0 Å². The molecule has 0 bridgehead atoms. The van der Waals surface area contributed by atoms with Crippen LogP contribution in [-0.2, 0) is 48.2 Å². The average Bonchev–Trinajstić information content (AvgIpc) is 3.23. The predicted molar refractivity (Wildman–Crippen MR) is 104 cm³/mol. The standard InChI is InChI=1S/C21H32O10/c22-17-9-7-5-3-1-2-4-6-8-10-18(23)29-31-20(25)12-14-21(26-15-16-27-21)13-11-19(24)30-28-17/h1-16H2. The van der Waals surface area contributed by atoms with E-state index in [0.717, 1.165) is 38.5 Å². The molecule has 0 N–H and O–H groups in total. The lowest BCUT2D eigenvalue weighted by molar-refractivity contribution is -0.262. The molecule has 10 heteroatoms. The summed E-state index contributed by atoms with van der Waals surface area (Å²) in [6, 6.07) is 0. The zero-order valence-electron chi connectivity index (χ0n) is 17.9. The Kier molecular flexibility index (Phi) is 11.3. The van der Waals surface area contributed by atoms with Crippen LogP contribution in [0.3, 0.4) is 0 Å². The van der Waals surface area contributed by atoms with E-state index >= 15 is 0 Å². The molecule has 1 spiro atoms. The highest BCUT2D eigenvalue weighted by Gasteiger charge is 2.38. The van der Waals surface area contributed by atoms with Crippen molar-refractivity contribution >= 4 is 23.9 Å². The predicted octanol–water partition coefficient (Wildman–Crippen LogP) is 3.21. The molecular formula is C21H32O10. The first-order valence-electron chi connectivity index (χ1n) is 11.1. The maximum atomic E-state index is 11.9. The molecule has 0 saturated carbocycles. The molecule has 0 aliphatic carbocycles. The Hall–Kier alpha value is -2.20. The van der Waals surface area contributed by atoms with Gasteiger partial charge in [0.05, 0.1) is 38.9 Å². The van der Waals surface area contributed by atoms with Crippen LogP contribution >= 0.6 is 0 Å². The smallest absolute Gasteiger partial charge is 0.348 e. The van der Waals surface area contributed by atoms with E-state index in [4.69, 9.17) is 9.47 Å². The number of carbonyl (C=O) groups excluding carboxylic acids is 4. The molecule has 0 radical (unpaired) electrons. The summed E-state index contributed by atoms with van der Waals surface area (Å²) in [5.41, 5.74) is 0. The quantitative estimate of drug-likeness (QED) is 0.514. The fourth-order valence-corrected chi connectivity index (χ4v) is 3.45. The molecule has 10 nitrogen and oxygen atoms in total. The Morgan fingerprint density at radius 2 is 0.774 bits per heavy atom. The van der Waals surface area contributed by atoms with E-state index < -0.39 is 29.7 Å². The van der Waals surface area contributed by atoms with Crippen molar-refractivity contribution in [2.24, 2.45) is 0 Å². The Bertz CT molecular complexity index is 551. The number of rotatable bonds is 0. The first-order chi connectivity index (χ1) is 15.0. The van der Waals surface area contributed by atoms with Gasteiger partial charge < -0.3 is 9.47 Å². The van der Waals surface area contributed by atoms with Crippen molar-refractivity contribution in [3.8, 4) is 0 Å². The van der Waals surface area contributed by atoms with Gasteiger partial charge in [-0.15, -0.1) is 0 Å². The first-order valence-corrected chi connectivity index (χ1v) is 11.1. The lowest BCUT2D eigenvalue weighted by atomic mass is 10.0. The summed E-state index contributed by atoms with van der Waals surface area (Å²) in [6.45, 7) is 0.627. The Labute approximate surface area is 181 Å². The summed E-state index contributed by atoms with van der Waals surface area (Å²) in [7, 11) is 0. The first kappa shape index (κ1) is 25.1. The molecule has 2 rings (SSSR count). The molecule has 0 amide bonds. The van der Waals surface area contributed by atoms with Gasteiger partial charge in [0, 0.05) is 12.8 Å². The van der Waals surface area contributed by atoms with E-state index in [0.29, 0.717) is 26.1 Å². The second kappa shape index (κ2) is 14.0. The van der Waals surface area contributed by atoms with E-state index in [2.05, 4.69) is 19.6 Å². The van der Waals surface area contributed by atoms with E-state index in [1.807, 2.05) is 0 Å². The van der Waals surface area contributed by atoms with Crippen molar-refractivity contribution in [3.63, 3.8) is 0 Å². The maximum absolute atomic E-state index is 11.9. The third-order valence-electron chi connectivity index (χ3n) is 5.20. The van der Waals surface area contributed by atoms with Crippen molar-refractivity contribution in [3.05, 3.63) is 0 Å². The summed E-state index contributed by atoms with van der Waals surface area (Å²) in [5.74, 6) is -3.78. The largest absolute Gasteiger partial charge is 0.355 e. The highest BCUT2D eigenvalue weighted by Crippen LogP contribution is 2.30. The lowest BCUT2D eigenvalue weighted by Crippen LogP contribution is -2.32. The van der Waals surface area contributed by atoms with Crippen LogP contribution in [0.5, 0.6) is 0 Å². The minimum Gasteiger partial charge on any atom is -0.348 e. The second-order valence-electron chi connectivity index (χ2n) is 7.76. The molecule has 0 aromatic rings. The van der Waals surface area contributed by atoms with Crippen LogP contribution in [0.4, 0.5) is 0 Å². The van der Waals surface area contributed by atoms with E-state index in [1.165, 1.54) is 0 Å². The van der Waals surface area contributed by atoms with Gasteiger partial charge in [-0.05, 0) is 12.8 Å². The van der Waals surface area contributed by atoms with Crippen LogP contribution in [0.15, 0.2) is 0 Å². The molecule has 0 atom stereocenters. The SMILES string of the molecule is O=C1CCCCCCCCCCC(=O)OOC(=O)CCC2(CCC(=O)OO1)OCCO2. The molecule has 0 aromatic carbocycles. The molecule has 2 heterocycles. The Morgan fingerprint density at radius 1 is 0.452 bits per heavy atom. The van der Waals surface area contributed by atoms with Crippen molar-refractivity contribution in [1.29, 1.82) is 0 Å². The van der Waals surface area contributed by atoms with Crippen LogP contribution in [0, 0.1) is 0 Å². The van der Waals surface area contributed by atoms with E-state index in [9.17, 15) is 19.2 Å². The van der Waals surface area contributed by atoms with Crippen molar-refractivity contribution < 1.29 is 48.2 Å². The fourth-order valence-electron chi connectivity index (χ4n) is 3.45. The number of hydrogen-bond donors (Lipinski definition) is 0. The van der Waals surface area contributed by atoms with Gasteiger partial charge in [0.15, 0.2) is 5.79 Å². The normalized spacial score (nSPS) is 24.0. The van der Waals surface area contributed by atoms with Crippen LogP contribution in [0.25, 0.3) is 0 Å². The van der Waals surface area contributed by atoms with Crippen molar-refractivity contribution in [2.45, 2.75) is 95.7 Å². The van der Waals surface area contributed by atoms with Gasteiger partial charge in [0.2, 0.25) is 0 Å². The highest BCUT2D eigenvalue weighted by atomic mass is 17.2. The average molecular weight is 444 g/mol. The molecule has 0 aromatic heterocycles. The molecule has 2 fully saturated rings. The van der Waals surface area contributed by atoms with Gasteiger partial charge in [-0.1, -0.05) is 38.5 Å². The second-order valence-corrected chi connectivity index (χ2v) is 7.76. The maximum Gasteiger partial charge on any atom is 0.355 e. The topological polar surface area (TPSA) is 124 Å². The summed E-state index contributed by atoms with van der Waals surface area (Å²) < 4.78 is 11.2. The van der Waals surface area contributed by atoms with Gasteiger partial charge in [-0.25, -0.2) is 38.7 Å². The third kappa shape index (κ3) is 10.6. The van der Waals surface area contributed by atoms with Crippen LogP contribution in [0.2, 0.25) is 0 Å². The number of ether oxygens (including phenoxy) is 2. The lowest BCUT2D eigenvalue weighted by Gasteiger charge is -2.26. The van der Waals surface area contributed by atoms with Crippen LogP contribution < -0.4 is 0 Å². The minimum absolute atomic E-state index is 0.108. The van der Waals surface area contributed by atoms with Crippen molar-refractivity contribution in [1.82, 2.24) is 0 Å². The van der Waals surface area contributed by atoms with Gasteiger partial charge in [-0.3, -0.25) is 0 Å².